The monoisotopic (exact) mass is 375 g/mol. The van der Waals surface area contributed by atoms with Gasteiger partial charge in [0.1, 0.15) is 6.61 Å². The number of benzene rings is 1. The van der Waals surface area contributed by atoms with E-state index in [2.05, 4.69) is 0 Å². The standard InChI is InChI=1S/C20H29N3O4/c21-17-8-7-16(13-18(17)24)19(25)22-9-4-10-23(12-11-22)20(26)27-14-15-5-2-1-3-6-15/h1-3,5-6,16-18,24H,4,7-14,21H2/t16-,17+,18+/m0/s1. The van der Waals surface area contributed by atoms with E-state index < -0.39 is 6.10 Å². The zero-order chi connectivity index (χ0) is 19.2. The van der Waals surface area contributed by atoms with Gasteiger partial charge in [0.2, 0.25) is 5.91 Å². The van der Waals surface area contributed by atoms with Crippen molar-refractivity contribution in [2.75, 3.05) is 26.2 Å². The number of ether oxygens (including phenoxy) is 1. The third-order valence-electron chi connectivity index (χ3n) is 5.49. The molecule has 7 heteroatoms. The van der Waals surface area contributed by atoms with Gasteiger partial charge in [-0.1, -0.05) is 30.3 Å². The van der Waals surface area contributed by atoms with Gasteiger partial charge in [0, 0.05) is 38.1 Å². The Hall–Kier alpha value is -2.12. The predicted octanol–water partition coefficient (Wildman–Crippen LogP) is 1.35. The van der Waals surface area contributed by atoms with E-state index >= 15 is 0 Å². The third-order valence-corrected chi connectivity index (χ3v) is 5.49. The Kier molecular flexibility index (Phi) is 6.68. The molecule has 0 spiro atoms. The highest BCUT2D eigenvalue weighted by atomic mass is 16.6. The number of aliphatic hydroxyl groups excluding tert-OH is 1. The summed E-state index contributed by atoms with van der Waals surface area (Å²) in [4.78, 5) is 28.6. The summed E-state index contributed by atoms with van der Waals surface area (Å²) in [6.45, 7) is 2.42. The fraction of sp³-hybridized carbons (Fsp3) is 0.600. The summed E-state index contributed by atoms with van der Waals surface area (Å²) >= 11 is 0. The van der Waals surface area contributed by atoms with Crippen molar-refractivity contribution >= 4 is 12.0 Å². The highest BCUT2D eigenvalue weighted by Crippen LogP contribution is 2.26. The summed E-state index contributed by atoms with van der Waals surface area (Å²) in [6.07, 6.45) is 1.59. The summed E-state index contributed by atoms with van der Waals surface area (Å²) in [5.74, 6) is -0.100. The number of nitrogens with zero attached hydrogens (tertiary/aromatic N) is 2. The molecule has 27 heavy (non-hydrogen) atoms. The molecule has 7 nitrogen and oxygen atoms in total. The molecule has 3 atom stereocenters. The summed E-state index contributed by atoms with van der Waals surface area (Å²) < 4.78 is 5.40. The van der Waals surface area contributed by atoms with Crippen molar-refractivity contribution in [1.29, 1.82) is 0 Å². The second kappa shape index (κ2) is 9.19. The van der Waals surface area contributed by atoms with Crippen LogP contribution < -0.4 is 5.73 Å². The minimum absolute atomic E-state index is 0.0699. The quantitative estimate of drug-likeness (QED) is 0.831. The Labute approximate surface area is 160 Å². The third kappa shape index (κ3) is 5.20. The molecule has 0 aromatic heterocycles. The maximum Gasteiger partial charge on any atom is 0.410 e. The molecule has 2 aliphatic rings. The van der Waals surface area contributed by atoms with Gasteiger partial charge in [-0.15, -0.1) is 0 Å². The van der Waals surface area contributed by atoms with Crippen molar-refractivity contribution in [3.05, 3.63) is 35.9 Å². The van der Waals surface area contributed by atoms with Gasteiger partial charge in [0.05, 0.1) is 6.10 Å². The van der Waals surface area contributed by atoms with Gasteiger partial charge in [-0.25, -0.2) is 4.79 Å². The second-order valence-electron chi connectivity index (χ2n) is 7.45. The number of nitrogens with two attached hydrogens (primary N) is 1. The molecule has 2 amide bonds. The number of hydrogen-bond donors (Lipinski definition) is 2. The van der Waals surface area contributed by atoms with E-state index in [1.54, 1.807) is 4.90 Å². The van der Waals surface area contributed by atoms with Crippen LogP contribution in [0.25, 0.3) is 0 Å². The Bertz CT molecular complexity index is 639. The SMILES string of the molecule is N[C@@H]1CC[C@H](C(=O)N2CCCN(C(=O)OCc3ccccc3)CC2)C[C@H]1O. The molecular formula is C20H29N3O4. The smallest absolute Gasteiger partial charge is 0.410 e. The van der Waals surface area contributed by atoms with E-state index in [-0.39, 0.29) is 30.6 Å². The molecule has 148 valence electrons. The lowest BCUT2D eigenvalue weighted by molar-refractivity contribution is -0.138. The lowest BCUT2D eigenvalue weighted by Crippen LogP contribution is -2.46. The second-order valence-corrected chi connectivity index (χ2v) is 7.45. The minimum atomic E-state index is -0.607. The van der Waals surface area contributed by atoms with E-state index in [0.29, 0.717) is 39.0 Å². The number of aliphatic hydroxyl groups is 1. The van der Waals surface area contributed by atoms with Crippen molar-refractivity contribution in [3.8, 4) is 0 Å². The molecule has 2 fully saturated rings. The van der Waals surface area contributed by atoms with Crippen LogP contribution in [0, 0.1) is 5.92 Å². The minimum Gasteiger partial charge on any atom is -0.445 e. The molecule has 0 unspecified atom stereocenters. The van der Waals surface area contributed by atoms with Crippen LogP contribution in [0.4, 0.5) is 4.79 Å². The van der Waals surface area contributed by atoms with Gasteiger partial charge in [-0.2, -0.15) is 0 Å². The van der Waals surface area contributed by atoms with Crippen LogP contribution in [0.2, 0.25) is 0 Å². The fourth-order valence-corrected chi connectivity index (χ4v) is 3.78. The van der Waals surface area contributed by atoms with Crippen LogP contribution in [0.15, 0.2) is 30.3 Å². The Morgan fingerprint density at radius 1 is 1.07 bits per heavy atom. The predicted molar refractivity (Wildman–Crippen MR) is 101 cm³/mol. The van der Waals surface area contributed by atoms with Crippen LogP contribution in [0.1, 0.15) is 31.2 Å². The largest absolute Gasteiger partial charge is 0.445 e. The van der Waals surface area contributed by atoms with Crippen LogP contribution in [0.3, 0.4) is 0 Å². The molecule has 3 rings (SSSR count). The number of hydrogen-bond acceptors (Lipinski definition) is 5. The topological polar surface area (TPSA) is 96.1 Å². The molecule has 1 saturated heterocycles. The molecule has 1 aliphatic carbocycles. The zero-order valence-electron chi connectivity index (χ0n) is 15.6. The zero-order valence-corrected chi connectivity index (χ0v) is 15.6. The van der Waals surface area contributed by atoms with Crippen LogP contribution in [-0.4, -0.2) is 65.2 Å². The molecule has 0 radical (unpaired) electrons. The van der Waals surface area contributed by atoms with Gasteiger partial charge >= 0.3 is 6.09 Å². The number of carbonyl (C=O) groups is 2. The van der Waals surface area contributed by atoms with E-state index in [4.69, 9.17) is 10.5 Å². The van der Waals surface area contributed by atoms with Crippen molar-refractivity contribution in [3.63, 3.8) is 0 Å². The Morgan fingerprint density at radius 3 is 2.52 bits per heavy atom. The summed E-state index contributed by atoms with van der Waals surface area (Å²) in [7, 11) is 0. The van der Waals surface area contributed by atoms with Gasteiger partial charge in [0.15, 0.2) is 0 Å². The fourth-order valence-electron chi connectivity index (χ4n) is 3.78. The number of carbonyl (C=O) groups excluding carboxylic acids is 2. The lowest BCUT2D eigenvalue weighted by atomic mass is 9.83. The van der Waals surface area contributed by atoms with Crippen LogP contribution in [0.5, 0.6) is 0 Å². The van der Waals surface area contributed by atoms with Crippen molar-refractivity contribution in [2.24, 2.45) is 11.7 Å². The summed E-state index contributed by atoms with van der Waals surface area (Å²) in [5, 5.41) is 9.95. The molecular weight excluding hydrogens is 346 g/mol. The van der Waals surface area contributed by atoms with Crippen molar-refractivity contribution in [1.82, 2.24) is 9.80 Å². The van der Waals surface area contributed by atoms with Gasteiger partial charge in [-0.3, -0.25) is 4.79 Å². The number of amides is 2. The molecule has 1 aliphatic heterocycles. The molecule has 1 heterocycles. The highest BCUT2D eigenvalue weighted by Gasteiger charge is 2.34. The van der Waals surface area contributed by atoms with Crippen LogP contribution in [-0.2, 0) is 16.1 Å². The Balaban J connectivity index is 1.48. The van der Waals surface area contributed by atoms with E-state index in [9.17, 15) is 14.7 Å². The molecule has 1 aromatic carbocycles. The highest BCUT2D eigenvalue weighted by molar-refractivity contribution is 5.79. The number of rotatable bonds is 3. The summed E-state index contributed by atoms with van der Waals surface area (Å²) in [6, 6.07) is 9.35. The van der Waals surface area contributed by atoms with Crippen molar-refractivity contribution in [2.45, 2.75) is 44.4 Å². The van der Waals surface area contributed by atoms with Crippen LogP contribution >= 0.6 is 0 Å². The normalized spacial score (nSPS) is 26.4. The molecule has 3 N–H and O–H groups in total. The van der Waals surface area contributed by atoms with E-state index in [1.165, 1.54) is 0 Å². The molecule has 1 saturated carbocycles. The molecule has 0 bridgehead atoms. The first kappa shape index (κ1) is 19.6. The average molecular weight is 375 g/mol. The lowest BCUT2D eigenvalue weighted by Gasteiger charge is -2.33. The first-order valence-corrected chi connectivity index (χ1v) is 9.72. The molecule has 1 aromatic rings. The van der Waals surface area contributed by atoms with Gasteiger partial charge < -0.3 is 25.4 Å². The summed E-state index contributed by atoms with van der Waals surface area (Å²) in [5.41, 5.74) is 6.78. The average Bonchev–Trinajstić information content (AvgIpc) is 2.95. The maximum absolute atomic E-state index is 12.8. The van der Waals surface area contributed by atoms with E-state index in [1.807, 2.05) is 35.2 Å². The van der Waals surface area contributed by atoms with E-state index in [0.717, 1.165) is 18.4 Å². The maximum atomic E-state index is 12.8. The van der Waals surface area contributed by atoms with Gasteiger partial charge in [-0.05, 0) is 31.2 Å². The van der Waals surface area contributed by atoms with Gasteiger partial charge in [0.25, 0.3) is 0 Å². The Morgan fingerprint density at radius 2 is 1.78 bits per heavy atom. The first-order valence-electron chi connectivity index (χ1n) is 9.72. The van der Waals surface area contributed by atoms with Crippen molar-refractivity contribution < 1.29 is 19.4 Å². The first-order chi connectivity index (χ1) is 13.0.